The number of amides is 1. The number of aryl methyl sites for hydroxylation is 1. The van der Waals surface area contributed by atoms with E-state index < -0.39 is 0 Å². The molecule has 5 heteroatoms. The van der Waals surface area contributed by atoms with E-state index in [1.165, 1.54) is 0 Å². The highest BCUT2D eigenvalue weighted by atomic mass is 35.5. The van der Waals surface area contributed by atoms with Crippen LogP contribution in [0.15, 0.2) is 66.7 Å². The zero-order chi connectivity index (χ0) is 18.8. The van der Waals surface area contributed by atoms with E-state index in [0.717, 1.165) is 31.9 Å². The van der Waals surface area contributed by atoms with Crippen LogP contribution in [0.25, 0.3) is 21.3 Å². The van der Waals surface area contributed by atoms with Crippen LogP contribution in [0, 0.1) is 6.92 Å². The number of hydrogen-bond acceptors (Lipinski definition) is 3. The summed E-state index contributed by atoms with van der Waals surface area (Å²) in [6.45, 7) is 2.40. The highest BCUT2D eigenvalue weighted by molar-refractivity contribution is 7.15. The van der Waals surface area contributed by atoms with Crippen molar-refractivity contribution in [3.63, 3.8) is 0 Å². The van der Waals surface area contributed by atoms with Crippen LogP contribution in [0.3, 0.4) is 0 Å². The first-order chi connectivity index (χ1) is 13.1. The Morgan fingerprint density at radius 2 is 1.78 bits per heavy atom. The maximum atomic E-state index is 12.6. The minimum Gasteiger partial charge on any atom is -0.347 e. The van der Waals surface area contributed by atoms with Crippen molar-refractivity contribution in [2.75, 3.05) is 0 Å². The summed E-state index contributed by atoms with van der Waals surface area (Å²) in [5, 5.41) is 6.72. The summed E-state index contributed by atoms with van der Waals surface area (Å²) in [5.41, 5.74) is 2.48. The molecule has 0 spiro atoms. The summed E-state index contributed by atoms with van der Waals surface area (Å²) in [4.78, 5) is 18.2. The molecule has 3 aromatic carbocycles. The number of nitrogens with one attached hydrogen (secondary N) is 1. The Kier molecular flexibility index (Phi) is 4.92. The molecule has 0 saturated carbocycles. The number of halogens is 1. The van der Waals surface area contributed by atoms with Gasteiger partial charge in [-0.25, -0.2) is 4.98 Å². The highest BCUT2D eigenvalue weighted by Gasteiger charge is 2.13. The van der Waals surface area contributed by atoms with Crippen molar-refractivity contribution in [1.29, 1.82) is 0 Å². The molecule has 134 valence electrons. The van der Waals surface area contributed by atoms with Crippen LogP contribution in [0.1, 0.15) is 20.9 Å². The Labute approximate surface area is 166 Å². The lowest BCUT2D eigenvalue weighted by Gasteiger charge is -2.06. The Balaban J connectivity index is 1.51. The van der Waals surface area contributed by atoms with E-state index >= 15 is 0 Å². The van der Waals surface area contributed by atoms with Crippen LogP contribution in [-0.2, 0) is 6.54 Å². The lowest BCUT2D eigenvalue weighted by molar-refractivity contribution is 0.0951. The number of carbonyl (C=O) groups excluding carboxylic acids is 1. The van der Waals surface area contributed by atoms with E-state index in [-0.39, 0.29) is 5.91 Å². The molecule has 0 saturated heterocycles. The minimum absolute atomic E-state index is 0.0900. The van der Waals surface area contributed by atoms with Crippen molar-refractivity contribution in [1.82, 2.24) is 10.3 Å². The standard InChI is InChI=1S/C22H17ClN2OS/c1-14-20(27-22(25-14)18-8-4-5-9-19(18)23)13-24-21(26)17-11-10-15-6-2-3-7-16(15)12-17/h2-12H,13H2,1H3,(H,24,26). The number of carbonyl (C=O) groups is 1. The molecule has 4 rings (SSSR count). The lowest BCUT2D eigenvalue weighted by atomic mass is 10.1. The van der Waals surface area contributed by atoms with Gasteiger partial charge in [0, 0.05) is 16.0 Å². The van der Waals surface area contributed by atoms with Crippen LogP contribution in [0.4, 0.5) is 0 Å². The minimum atomic E-state index is -0.0900. The second-order valence-electron chi connectivity index (χ2n) is 6.25. The first kappa shape index (κ1) is 17.7. The van der Waals surface area contributed by atoms with Gasteiger partial charge in [0.15, 0.2) is 0 Å². The molecular weight excluding hydrogens is 376 g/mol. The molecule has 1 N–H and O–H groups in total. The van der Waals surface area contributed by atoms with Crippen LogP contribution in [0.5, 0.6) is 0 Å². The second-order valence-corrected chi connectivity index (χ2v) is 7.74. The van der Waals surface area contributed by atoms with Gasteiger partial charge in [-0.15, -0.1) is 11.3 Å². The maximum absolute atomic E-state index is 12.6. The Morgan fingerprint density at radius 3 is 2.59 bits per heavy atom. The monoisotopic (exact) mass is 392 g/mol. The van der Waals surface area contributed by atoms with Gasteiger partial charge in [0.05, 0.1) is 17.3 Å². The molecule has 1 heterocycles. The molecule has 3 nitrogen and oxygen atoms in total. The highest BCUT2D eigenvalue weighted by Crippen LogP contribution is 2.32. The third-order valence-electron chi connectivity index (χ3n) is 4.42. The van der Waals surface area contributed by atoms with Gasteiger partial charge in [-0.3, -0.25) is 4.79 Å². The molecular formula is C22H17ClN2OS. The second kappa shape index (κ2) is 7.51. The first-order valence-corrected chi connectivity index (χ1v) is 9.79. The summed E-state index contributed by atoms with van der Waals surface area (Å²) in [6, 6.07) is 21.4. The van der Waals surface area contributed by atoms with E-state index in [4.69, 9.17) is 11.6 Å². The number of nitrogens with zero attached hydrogens (tertiary/aromatic N) is 1. The van der Waals surface area contributed by atoms with Crippen LogP contribution >= 0.6 is 22.9 Å². The smallest absolute Gasteiger partial charge is 0.251 e. The van der Waals surface area contributed by atoms with E-state index in [1.807, 2.05) is 73.7 Å². The molecule has 0 radical (unpaired) electrons. The predicted octanol–water partition coefficient (Wildman–Crippen LogP) is 5.86. The largest absolute Gasteiger partial charge is 0.347 e. The summed E-state index contributed by atoms with van der Waals surface area (Å²) in [7, 11) is 0. The van der Waals surface area contributed by atoms with Gasteiger partial charge in [-0.1, -0.05) is 60.1 Å². The fourth-order valence-electron chi connectivity index (χ4n) is 2.94. The van der Waals surface area contributed by atoms with Crippen molar-refractivity contribution >= 4 is 39.6 Å². The van der Waals surface area contributed by atoms with Crippen LogP contribution < -0.4 is 5.32 Å². The van der Waals surface area contributed by atoms with E-state index in [9.17, 15) is 4.79 Å². The molecule has 0 aliphatic heterocycles. The first-order valence-electron chi connectivity index (χ1n) is 8.60. The van der Waals surface area contributed by atoms with Gasteiger partial charge in [0.25, 0.3) is 5.91 Å². The van der Waals surface area contributed by atoms with Gasteiger partial charge >= 0.3 is 0 Å². The zero-order valence-corrected chi connectivity index (χ0v) is 16.3. The van der Waals surface area contributed by atoms with Crippen molar-refractivity contribution < 1.29 is 4.79 Å². The van der Waals surface area contributed by atoms with Gasteiger partial charge in [-0.05, 0) is 35.9 Å². The van der Waals surface area contributed by atoms with E-state index in [1.54, 1.807) is 11.3 Å². The molecule has 4 aromatic rings. The van der Waals surface area contributed by atoms with Crippen LogP contribution in [-0.4, -0.2) is 10.9 Å². The zero-order valence-electron chi connectivity index (χ0n) is 14.7. The molecule has 1 amide bonds. The average molecular weight is 393 g/mol. The topological polar surface area (TPSA) is 42.0 Å². The SMILES string of the molecule is Cc1nc(-c2ccccc2Cl)sc1CNC(=O)c1ccc2ccccc2c1. The summed E-state index contributed by atoms with van der Waals surface area (Å²) in [5.74, 6) is -0.0900. The molecule has 0 fully saturated rings. The van der Waals surface area contributed by atoms with Gasteiger partial charge in [0.1, 0.15) is 5.01 Å². The van der Waals surface area contributed by atoms with Gasteiger partial charge in [0.2, 0.25) is 0 Å². The fraction of sp³-hybridized carbons (Fsp3) is 0.0909. The maximum Gasteiger partial charge on any atom is 0.251 e. The van der Waals surface area contributed by atoms with Crippen molar-refractivity contribution in [3.8, 4) is 10.6 Å². The molecule has 0 aliphatic rings. The van der Waals surface area contributed by atoms with Crippen molar-refractivity contribution in [3.05, 3.63) is 87.9 Å². The van der Waals surface area contributed by atoms with Gasteiger partial charge in [-0.2, -0.15) is 0 Å². The quantitative estimate of drug-likeness (QED) is 0.473. The number of rotatable bonds is 4. The summed E-state index contributed by atoms with van der Waals surface area (Å²) >= 11 is 7.83. The summed E-state index contributed by atoms with van der Waals surface area (Å²) in [6.07, 6.45) is 0. The molecule has 1 aromatic heterocycles. The van der Waals surface area contributed by atoms with Crippen molar-refractivity contribution in [2.24, 2.45) is 0 Å². The number of fused-ring (bicyclic) bond motifs is 1. The predicted molar refractivity (Wildman–Crippen MR) is 112 cm³/mol. The third kappa shape index (κ3) is 3.72. The van der Waals surface area contributed by atoms with E-state index in [2.05, 4.69) is 10.3 Å². The molecule has 0 unspecified atom stereocenters. The molecule has 0 atom stereocenters. The third-order valence-corrected chi connectivity index (χ3v) is 5.94. The average Bonchev–Trinajstić information content (AvgIpc) is 3.06. The Bertz CT molecular complexity index is 1140. The van der Waals surface area contributed by atoms with E-state index in [0.29, 0.717) is 17.1 Å². The Morgan fingerprint density at radius 1 is 1.04 bits per heavy atom. The molecule has 0 bridgehead atoms. The Hall–Kier alpha value is -2.69. The number of thiazole rings is 1. The lowest BCUT2D eigenvalue weighted by Crippen LogP contribution is -2.22. The normalized spacial score (nSPS) is 10.9. The molecule has 0 aliphatic carbocycles. The van der Waals surface area contributed by atoms with Crippen molar-refractivity contribution in [2.45, 2.75) is 13.5 Å². The van der Waals surface area contributed by atoms with Crippen LogP contribution in [0.2, 0.25) is 5.02 Å². The number of benzene rings is 3. The van der Waals surface area contributed by atoms with Gasteiger partial charge < -0.3 is 5.32 Å². The number of aromatic nitrogens is 1. The number of hydrogen-bond donors (Lipinski definition) is 1. The molecule has 27 heavy (non-hydrogen) atoms. The fourth-order valence-corrected chi connectivity index (χ4v) is 4.26. The summed E-state index contributed by atoms with van der Waals surface area (Å²) < 4.78 is 0.